The van der Waals surface area contributed by atoms with Gasteiger partial charge < -0.3 is 14.4 Å². The number of fused-ring (bicyclic) bond motifs is 2. The minimum Gasteiger partial charge on any atom is -0.466 e. The summed E-state index contributed by atoms with van der Waals surface area (Å²) in [5.41, 5.74) is 3.56. The molecule has 0 unspecified atom stereocenters. The Morgan fingerprint density at radius 2 is 1.68 bits per heavy atom. The maximum absolute atomic E-state index is 11.9. The van der Waals surface area contributed by atoms with Gasteiger partial charge in [-0.1, -0.05) is 42.5 Å². The Labute approximate surface area is 166 Å². The van der Waals surface area contributed by atoms with Gasteiger partial charge in [0, 0.05) is 17.7 Å². The van der Waals surface area contributed by atoms with E-state index in [0.29, 0.717) is 6.61 Å². The van der Waals surface area contributed by atoms with Gasteiger partial charge in [0.1, 0.15) is 11.5 Å². The van der Waals surface area contributed by atoms with Crippen LogP contribution in [0.2, 0.25) is 0 Å². The Morgan fingerprint density at radius 1 is 1.07 bits per heavy atom. The van der Waals surface area contributed by atoms with Crippen LogP contribution >= 0.6 is 0 Å². The number of piperidine rings is 1. The van der Waals surface area contributed by atoms with Crippen molar-refractivity contribution in [3.8, 4) is 11.5 Å². The lowest BCUT2D eigenvalue weighted by atomic mass is 9.93. The highest BCUT2D eigenvalue weighted by Crippen LogP contribution is 2.43. The number of hydrogen-bond donors (Lipinski definition) is 0. The summed E-state index contributed by atoms with van der Waals surface area (Å²) < 4.78 is 11.2. The molecule has 0 spiro atoms. The van der Waals surface area contributed by atoms with Gasteiger partial charge in [0.15, 0.2) is 0 Å². The van der Waals surface area contributed by atoms with E-state index in [2.05, 4.69) is 35.2 Å². The molecule has 0 saturated carbocycles. The van der Waals surface area contributed by atoms with E-state index < -0.39 is 0 Å². The molecular formula is C24H27NO3. The first kappa shape index (κ1) is 18.8. The zero-order valence-corrected chi connectivity index (χ0v) is 16.4. The second-order valence-corrected chi connectivity index (χ2v) is 7.37. The van der Waals surface area contributed by atoms with Gasteiger partial charge in [-0.05, 0) is 57.0 Å². The largest absolute Gasteiger partial charge is 0.466 e. The zero-order chi connectivity index (χ0) is 19.3. The average molecular weight is 377 g/mol. The Balaban J connectivity index is 1.41. The highest BCUT2D eigenvalue weighted by molar-refractivity contribution is 5.87. The molecule has 1 fully saturated rings. The number of carbonyl (C=O) groups is 1. The van der Waals surface area contributed by atoms with Gasteiger partial charge in [-0.15, -0.1) is 0 Å². The Hall–Kier alpha value is -2.59. The molecule has 2 aliphatic rings. The fourth-order valence-electron chi connectivity index (χ4n) is 4.08. The van der Waals surface area contributed by atoms with Crippen LogP contribution in [-0.2, 0) is 9.53 Å². The number of hydrogen-bond acceptors (Lipinski definition) is 4. The lowest BCUT2D eigenvalue weighted by Gasteiger charge is -2.30. The SMILES string of the molecule is CCOC(=O)C1CCN(CCC=C2c3ccccc3Oc3ccccc32)CC1. The molecule has 146 valence electrons. The first-order valence-electron chi connectivity index (χ1n) is 10.2. The number of rotatable bonds is 5. The molecule has 4 nitrogen and oxygen atoms in total. The summed E-state index contributed by atoms with van der Waals surface area (Å²) in [7, 11) is 0. The number of nitrogens with zero attached hydrogens (tertiary/aromatic N) is 1. The van der Waals surface area contributed by atoms with E-state index >= 15 is 0 Å². The van der Waals surface area contributed by atoms with E-state index in [0.717, 1.165) is 61.5 Å². The third-order valence-corrected chi connectivity index (χ3v) is 5.58. The van der Waals surface area contributed by atoms with Crippen molar-refractivity contribution in [2.75, 3.05) is 26.2 Å². The third-order valence-electron chi connectivity index (χ3n) is 5.58. The second-order valence-electron chi connectivity index (χ2n) is 7.37. The number of benzene rings is 2. The smallest absolute Gasteiger partial charge is 0.309 e. The molecule has 2 heterocycles. The summed E-state index contributed by atoms with van der Waals surface area (Å²) in [5.74, 6) is 1.88. The number of ether oxygens (including phenoxy) is 2. The molecule has 0 aromatic heterocycles. The van der Waals surface area contributed by atoms with E-state index in [9.17, 15) is 4.79 Å². The topological polar surface area (TPSA) is 38.8 Å². The average Bonchev–Trinajstić information content (AvgIpc) is 2.74. The van der Waals surface area contributed by atoms with Gasteiger partial charge in [0.2, 0.25) is 0 Å². The van der Waals surface area contributed by atoms with Crippen LogP contribution in [0.15, 0.2) is 54.6 Å². The molecule has 0 bridgehead atoms. The maximum Gasteiger partial charge on any atom is 0.309 e. The van der Waals surface area contributed by atoms with Crippen LogP contribution in [0, 0.1) is 5.92 Å². The summed E-state index contributed by atoms with van der Waals surface area (Å²) in [4.78, 5) is 14.3. The van der Waals surface area contributed by atoms with Crippen LogP contribution < -0.4 is 4.74 Å². The molecule has 2 aromatic rings. The Bertz CT molecular complexity index is 818. The fraction of sp³-hybridized carbons (Fsp3) is 0.375. The van der Waals surface area contributed by atoms with Crippen LogP contribution in [0.1, 0.15) is 37.3 Å². The van der Waals surface area contributed by atoms with E-state index in [1.165, 1.54) is 5.57 Å². The van der Waals surface area contributed by atoms with Crippen molar-refractivity contribution in [1.82, 2.24) is 4.90 Å². The van der Waals surface area contributed by atoms with Gasteiger partial charge in [-0.25, -0.2) is 0 Å². The minimum absolute atomic E-state index is 0.0281. The van der Waals surface area contributed by atoms with Crippen molar-refractivity contribution in [3.05, 3.63) is 65.7 Å². The van der Waals surface area contributed by atoms with E-state index in [-0.39, 0.29) is 11.9 Å². The van der Waals surface area contributed by atoms with Crippen LogP contribution in [0.5, 0.6) is 11.5 Å². The summed E-state index contributed by atoms with van der Waals surface area (Å²) in [6.07, 6.45) is 5.10. The molecule has 2 aromatic carbocycles. The maximum atomic E-state index is 11.9. The lowest BCUT2D eigenvalue weighted by Crippen LogP contribution is -2.37. The third kappa shape index (κ3) is 3.97. The van der Waals surface area contributed by atoms with Gasteiger partial charge in [-0.3, -0.25) is 4.79 Å². The van der Waals surface area contributed by atoms with Gasteiger partial charge in [0.25, 0.3) is 0 Å². The standard InChI is InChI=1S/C24H27NO3/c1-2-27-24(26)18-13-16-25(17-14-18)15-7-10-19-20-8-3-5-11-22(20)28-23-12-6-4-9-21(19)23/h3-6,8-12,18H,2,7,13-17H2,1H3. The van der Waals surface area contributed by atoms with Crippen LogP contribution in [0.4, 0.5) is 0 Å². The van der Waals surface area contributed by atoms with Crippen LogP contribution in [-0.4, -0.2) is 37.1 Å². The first-order chi connectivity index (χ1) is 13.8. The number of likely N-dealkylation sites (tertiary alicyclic amines) is 1. The van der Waals surface area contributed by atoms with Gasteiger partial charge in [-0.2, -0.15) is 0 Å². The Kier molecular flexibility index (Phi) is 5.77. The quantitative estimate of drug-likeness (QED) is 0.594. The summed E-state index contributed by atoms with van der Waals surface area (Å²) in [5, 5.41) is 0. The highest BCUT2D eigenvalue weighted by atomic mass is 16.5. The van der Waals surface area contributed by atoms with Crippen molar-refractivity contribution in [3.63, 3.8) is 0 Å². The monoisotopic (exact) mass is 377 g/mol. The summed E-state index contributed by atoms with van der Waals surface area (Å²) >= 11 is 0. The van der Waals surface area contributed by atoms with E-state index in [4.69, 9.17) is 9.47 Å². The molecule has 0 radical (unpaired) electrons. The van der Waals surface area contributed by atoms with Crippen molar-refractivity contribution in [2.24, 2.45) is 5.92 Å². The zero-order valence-electron chi connectivity index (χ0n) is 16.4. The molecule has 0 N–H and O–H groups in total. The van der Waals surface area contributed by atoms with Crippen molar-refractivity contribution < 1.29 is 14.3 Å². The Morgan fingerprint density at radius 3 is 2.29 bits per heavy atom. The van der Waals surface area contributed by atoms with Crippen molar-refractivity contribution in [2.45, 2.75) is 26.2 Å². The molecule has 4 heteroatoms. The molecule has 28 heavy (non-hydrogen) atoms. The molecule has 2 aliphatic heterocycles. The minimum atomic E-state index is -0.0281. The van der Waals surface area contributed by atoms with Crippen LogP contribution in [0.25, 0.3) is 5.57 Å². The molecule has 0 aliphatic carbocycles. The predicted molar refractivity (Wildman–Crippen MR) is 110 cm³/mol. The van der Waals surface area contributed by atoms with Gasteiger partial charge >= 0.3 is 5.97 Å². The van der Waals surface area contributed by atoms with Crippen LogP contribution in [0.3, 0.4) is 0 Å². The number of esters is 1. The summed E-state index contributed by atoms with van der Waals surface area (Å²) in [6, 6.07) is 16.5. The second kappa shape index (κ2) is 8.61. The predicted octanol–water partition coefficient (Wildman–Crippen LogP) is 4.89. The first-order valence-corrected chi connectivity index (χ1v) is 10.2. The van der Waals surface area contributed by atoms with Crippen molar-refractivity contribution in [1.29, 1.82) is 0 Å². The highest BCUT2D eigenvalue weighted by Gasteiger charge is 2.26. The molecular weight excluding hydrogens is 350 g/mol. The van der Waals surface area contributed by atoms with Crippen molar-refractivity contribution >= 4 is 11.5 Å². The lowest BCUT2D eigenvalue weighted by molar-refractivity contribution is -0.149. The number of carbonyl (C=O) groups excluding carboxylic acids is 1. The van der Waals surface area contributed by atoms with E-state index in [1.807, 2.05) is 31.2 Å². The molecule has 0 amide bonds. The number of para-hydroxylation sites is 2. The molecule has 4 rings (SSSR count). The molecule has 0 atom stereocenters. The summed E-state index contributed by atoms with van der Waals surface area (Å²) in [6.45, 7) is 5.27. The fourth-order valence-corrected chi connectivity index (χ4v) is 4.08. The van der Waals surface area contributed by atoms with E-state index in [1.54, 1.807) is 0 Å². The molecule has 1 saturated heterocycles. The normalized spacial score (nSPS) is 16.7. The van der Waals surface area contributed by atoms with Gasteiger partial charge in [0.05, 0.1) is 12.5 Å².